The third-order valence-corrected chi connectivity index (χ3v) is 1.55. The summed E-state index contributed by atoms with van der Waals surface area (Å²) in [5, 5.41) is 1.78. The Hall–Kier alpha value is -1.31. The predicted molar refractivity (Wildman–Crippen MR) is 43.7 cm³/mol. The molecule has 3 N–H and O–H groups in total. The monoisotopic (exact) mass is 228 g/mol. The highest BCUT2D eigenvalue weighted by Crippen LogP contribution is 2.18. The Bertz CT molecular complexity index is 254. The van der Waals surface area contributed by atoms with Crippen molar-refractivity contribution in [3.8, 4) is 0 Å². The molecule has 0 aromatic rings. The fraction of sp³-hybridized carbons (Fsp3) is 0.714. The highest BCUT2D eigenvalue weighted by atomic mass is 19.4. The van der Waals surface area contributed by atoms with E-state index in [4.69, 9.17) is 0 Å². The lowest BCUT2D eigenvalue weighted by Gasteiger charge is -2.17. The van der Waals surface area contributed by atoms with E-state index >= 15 is 0 Å². The van der Waals surface area contributed by atoms with Crippen LogP contribution >= 0.6 is 0 Å². The Morgan fingerprint density at radius 1 is 1.40 bits per heavy atom. The van der Waals surface area contributed by atoms with Gasteiger partial charge in [0.25, 0.3) is 0 Å². The summed E-state index contributed by atoms with van der Waals surface area (Å²) in [5.41, 5.74) is 4.59. The fourth-order valence-corrected chi connectivity index (χ4v) is 0.688. The van der Waals surface area contributed by atoms with Gasteiger partial charge in [0.05, 0.1) is 7.11 Å². The molecular formula is C7H11F3N2O3. The molecule has 0 bridgehead atoms. The molecule has 0 aromatic carbocycles. The molecule has 0 aromatic heterocycles. The number of hydrogen-bond donors (Lipinski definition) is 2. The van der Waals surface area contributed by atoms with Crippen LogP contribution in [-0.2, 0) is 14.3 Å². The van der Waals surface area contributed by atoms with E-state index in [2.05, 4.69) is 10.5 Å². The molecule has 0 spiro atoms. The molecule has 8 heteroatoms. The molecule has 1 unspecified atom stereocenters. The molecule has 0 saturated heterocycles. The van der Waals surface area contributed by atoms with E-state index in [9.17, 15) is 22.8 Å². The van der Waals surface area contributed by atoms with E-state index in [-0.39, 0.29) is 0 Å². The van der Waals surface area contributed by atoms with E-state index in [0.29, 0.717) is 0 Å². The second-order valence-electron chi connectivity index (χ2n) is 2.77. The van der Waals surface area contributed by atoms with Crippen molar-refractivity contribution in [3.63, 3.8) is 0 Å². The van der Waals surface area contributed by atoms with Crippen LogP contribution in [0.4, 0.5) is 13.2 Å². The SMILES string of the molecule is COC(=O)[C@H](C)NC(=O)C(N)C(F)(F)F. The molecule has 1 amide bonds. The molecule has 0 rings (SSSR count). The second-order valence-corrected chi connectivity index (χ2v) is 2.77. The number of esters is 1. The van der Waals surface area contributed by atoms with Gasteiger partial charge in [0.15, 0.2) is 6.04 Å². The number of carbonyl (C=O) groups is 2. The van der Waals surface area contributed by atoms with E-state index in [1.807, 2.05) is 0 Å². The van der Waals surface area contributed by atoms with Crippen molar-refractivity contribution in [3.05, 3.63) is 0 Å². The summed E-state index contributed by atoms with van der Waals surface area (Å²) in [5.74, 6) is -2.32. The Labute approximate surface area is 83.8 Å². The van der Waals surface area contributed by atoms with Gasteiger partial charge in [-0.25, -0.2) is 4.79 Å². The number of alkyl halides is 3. The quantitative estimate of drug-likeness (QED) is 0.641. The number of hydrogen-bond acceptors (Lipinski definition) is 4. The second kappa shape index (κ2) is 4.96. The number of amides is 1. The van der Waals surface area contributed by atoms with Crippen molar-refractivity contribution in [1.82, 2.24) is 5.32 Å². The average molecular weight is 228 g/mol. The zero-order valence-electron chi connectivity index (χ0n) is 8.09. The van der Waals surface area contributed by atoms with Crippen LogP contribution in [0.5, 0.6) is 0 Å². The Kier molecular flexibility index (Phi) is 4.53. The van der Waals surface area contributed by atoms with Crippen molar-refractivity contribution in [2.24, 2.45) is 5.73 Å². The Morgan fingerprint density at radius 2 is 1.87 bits per heavy atom. The van der Waals surface area contributed by atoms with E-state index < -0.39 is 30.1 Å². The van der Waals surface area contributed by atoms with Crippen molar-refractivity contribution in [2.75, 3.05) is 7.11 Å². The normalized spacial score (nSPS) is 15.3. The summed E-state index contributed by atoms with van der Waals surface area (Å²) in [4.78, 5) is 21.6. The van der Waals surface area contributed by atoms with Crippen LogP contribution in [0.1, 0.15) is 6.92 Å². The van der Waals surface area contributed by atoms with Gasteiger partial charge in [-0.15, -0.1) is 0 Å². The third-order valence-electron chi connectivity index (χ3n) is 1.55. The van der Waals surface area contributed by atoms with Gasteiger partial charge in [-0.1, -0.05) is 0 Å². The minimum absolute atomic E-state index is 0.849. The fourth-order valence-electron chi connectivity index (χ4n) is 0.688. The molecule has 0 aliphatic heterocycles. The van der Waals surface area contributed by atoms with Crippen molar-refractivity contribution in [1.29, 1.82) is 0 Å². The van der Waals surface area contributed by atoms with Gasteiger partial charge < -0.3 is 15.8 Å². The number of carbonyl (C=O) groups excluding carboxylic acids is 2. The highest BCUT2D eigenvalue weighted by molar-refractivity contribution is 5.87. The largest absolute Gasteiger partial charge is 0.467 e. The number of halogens is 3. The molecular weight excluding hydrogens is 217 g/mol. The summed E-state index contributed by atoms with van der Waals surface area (Å²) in [6.07, 6.45) is -4.83. The number of ether oxygens (including phenoxy) is 1. The molecule has 88 valence electrons. The van der Waals surface area contributed by atoms with Gasteiger partial charge in [0.2, 0.25) is 5.91 Å². The average Bonchev–Trinajstić information content (AvgIpc) is 2.13. The first-order valence-corrected chi connectivity index (χ1v) is 3.90. The first-order chi connectivity index (χ1) is 6.70. The van der Waals surface area contributed by atoms with E-state index in [1.165, 1.54) is 6.92 Å². The van der Waals surface area contributed by atoms with Gasteiger partial charge in [-0.05, 0) is 6.92 Å². The zero-order chi connectivity index (χ0) is 12.2. The van der Waals surface area contributed by atoms with Crippen molar-refractivity contribution in [2.45, 2.75) is 25.2 Å². The predicted octanol–water partition coefficient (Wildman–Crippen LogP) is -0.446. The molecule has 0 saturated carbocycles. The highest BCUT2D eigenvalue weighted by Gasteiger charge is 2.42. The molecule has 15 heavy (non-hydrogen) atoms. The Balaban J connectivity index is 4.32. The minimum atomic E-state index is -4.83. The van der Waals surface area contributed by atoms with Crippen LogP contribution < -0.4 is 11.1 Å². The summed E-state index contributed by atoms with van der Waals surface area (Å²) in [6, 6.07) is -3.82. The smallest absolute Gasteiger partial charge is 0.412 e. The van der Waals surface area contributed by atoms with Crippen molar-refractivity contribution >= 4 is 11.9 Å². The van der Waals surface area contributed by atoms with Crippen LogP contribution in [0.15, 0.2) is 0 Å². The van der Waals surface area contributed by atoms with Gasteiger partial charge in [-0.2, -0.15) is 13.2 Å². The molecule has 0 radical (unpaired) electrons. The van der Waals surface area contributed by atoms with Gasteiger partial charge in [-0.3, -0.25) is 4.79 Å². The first-order valence-electron chi connectivity index (χ1n) is 3.90. The number of methoxy groups -OCH3 is 1. The first kappa shape index (κ1) is 13.7. The maximum Gasteiger partial charge on any atom is 0.412 e. The van der Waals surface area contributed by atoms with Crippen LogP contribution in [0.2, 0.25) is 0 Å². The van der Waals surface area contributed by atoms with Crippen molar-refractivity contribution < 1.29 is 27.5 Å². The van der Waals surface area contributed by atoms with Crippen LogP contribution in [0.3, 0.4) is 0 Å². The number of nitrogens with one attached hydrogen (secondary N) is 1. The lowest BCUT2D eigenvalue weighted by molar-refractivity contribution is -0.164. The Morgan fingerprint density at radius 3 is 2.20 bits per heavy atom. The zero-order valence-corrected chi connectivity index (χ0v) is 8.09. The summed E-state index contributed by atoms with van der Waals surface area (Å²) < 4.78 is 40.0. The molecule has 0 fully saturated rings. The topological polar surface area (TPSA) is 81.4 Å². The molecule has 5 nitrogen and oxygen atoms in total. The summed E-state index contributed by atoms with van der Waals surface area (Å²) in [6.45, 7) is 1.19. The number of nitrogens with two attached hydrogens (primary N) is 1. The van der Waals surface area contributed by atoms with Crippen LogP contribution in [0, 0.1) is 0 Å². The molecule has 0 aliphatic carbocycles. The molecule has 2 atom stereocenters. The number of rotatable bonds is 3. The third kappa shape index (κ3) is 4.15. The molecule has 0 heterocycles. The summed E-state index contributed by atoms with van der Waals surface area (Å²) >= 11 is 0. The van der Waals surface area contributed by atoms with Gasteiger partial charge in [0, 0.05) is 0 Å². The summed E-state index contributed by atoms with van der Waals surface area (Å²) in [7, 11) is 1.05. The lowest BCUT2D eigenvalue weighted by Crippen LogP contribution is -2.53. The van der Waals surface area contributed by atoms with E-state index in [0.717, 1.165) is 7.11 Å². The maximum atomic E-state index is 11.9. The standard InChI is InChI=1S/C7H11F3N2O3/c1-3(6(14)15-2)12-5(13)4(11)7(8,9)10/h3-4H,11H2,1-2H3,(H,12,13)/t3-,4?/m0/s1. The van der Waals surface area contributed by atoms with Crippen LogP contribution in [0.25, 0.3) is 0 Å². The lowest BCUT2D eigenvalue weighted by atomic mass is 10.2. The maximum absolute atomic E-state index is 11.9. The van der Waals surface area contributed by atoms with E-state index in [1.54, 1.807) is 5.32 Å². The van der Waals surface area contributed by atoms with Gasteiger partial charge in [0.1, 0.15) is 6.04 Å². The minimum Gasteiger partial charge on any atom is -0.467 e. The molecule has 0 aliphatic rings. The van der Waals surface area contributed by atoms with Crippen LogP contribution in [-0.4, -0.2) is 37.2 Å². The van der Waals surface area contributed by atoms with Gasteiger partial charge >= 0.3 is 12.1 Å².